The van der Waals surface area contributed by atoms with Crippen molar-refractivity contribution in [1.29, 1.82) is 0 Å². The number of Topliss-reactive ketones (excluding diaryl/α,β-unsaturated/α-hetero) is 1. The Hall–Kier alpha value is -1.34. The summed E-state index contributed by atoms with van der Waals surface area (Å²) in [4.78, 5) is 21.6. The lowest BCUT2D eigenvalue weighted by Crippen LogP contribution is -2.30. The highest BCUT2D eigenvalue weighted by molar-refractivity contribution is 5.94. The second-order valence-corrected chi connectivity index (χ2v) is 2.51. The minimum absolute atomic E-state index is 0.129. The summed E-state index contributed by atoms with van der Waals surface area (Å²) in [5.41, 5.74) is 0. The number of hydrogen-bond donors (Lipinski definition) is 1. The molecule has 0 bridgehead atoms. The zero-order valence-electron chi connectivity index (χ0n) is 6.66. The standard InChI is InChI=1S/C8H9NO3/c1-3-4-9-8(11)7-6(12-7)5(2)10/h1,6-7H,4H2,2H3,(H,9,11)/t6-,7+/m1/s1. The highest BCUT2D eigenvalue weighted by Gasteiger charge is 2.48. The molecule has 0 unspecified atom stereocenters. The van der Waals surface area contributed by atoms with Crippen LogP contribution in [0, 0.1) is 12.3 Å². The molecule has 1 saturated heterocycles. The number of rotatable bonds is 3. The molecule has 0 aliphatic carbocycles. The maximum absolute atomic E-state index is 11.0. The average Bonchev–Trinajstić information content (AvgIpc) is 2.78. The first-order chi connectivity index (χ1) is 5.66. The van der Waals surface area contributed by atoms with Crippen molar-refractivity contribution in [1.82, 2.24) is 5.32 Å². The molecule has 1 N–H and O–H groups in total. The normalized spacial score (nSPS) is 25.7. The highest BCUT2D eigenvalue weighted by Crippen LogP contribution is 2.22. The minimum Gasteiger partial charge on any atom is -0.351 e. The zero-order valence-corrected chi connectivity index (χ0v) is 6.66. The molecule has 1 rings (SSSR count). The van der Waals surface area contributed by atoms with E-state index in [1.807, 2.05) is 0 Å². The SMILES string of the molecule is C#CCNC(=O)[C@H]1O[C@@H]1C(C)=O. The van der Waals surface area contributed by atoms with Gasteiger partial charge in [-0.2, -0.15) is 0 Å². The summed E-state index contributed by atoms with van der Waals surface area (Å²) in [6.45, 7) is 1.56. The molecule has 1 amide bonds. The number of carbonyl (C=O) groups is 2. The third-order valence-corrected chi connectivity index (χ3v) is 1.52. The van der Waals surface area contributed by atoms with Crippen LogP contribution in [0.4, 0.5) is 0 Å². The number of epoxide rings is 1. The molecule has 0 aromatic heterocycles. The van der Waals surface area contributed by atoms with E-state index in [0.717, 1.165) is 0 Å². The summed E-state index contributed by atoms with van der Waals surface area (Å²) < 4.78 is 4.81. The Balaban J connectivity index is 2.29. The van der Waals surface area contributed by atoms with Gasteiger partial charge in [0, 0.05) is 0 Å². The number of ether oxygens (including phenoxy) is 1. The van der Waals surface area contributed by atoms with Gasteiger partial charge in [-0.1, -0.05) is 5.92 Å². The first-order valence-corrected chi connectivity index (χ1v) is 3.54. The molecule has 12 heavy (non-hydrogen) atoms. The Kier molecular flexibility index (Phi) is 2.46. The van der Waals surface area contributed by atoms with Crippen LogP contribution in [-0.4, -0.2) is 30.4 Å². The summed E-state index contributed by atoms with van der Waals surface area (Å²) in [5, 5.41) is 2.43. The summed E-state index contributed by atoms with van der Waals surface area (Å²) >= 11 is 0. The fourth-order valence-electron chi connectivity index (χ4n) is 0.860. The maximum atomic E-state index is 11.0. The fourth-order valence-corrected chi connectivity index (χ4v) is 0.860. The molecule has 2 atom stereocenters. The number of hydrogen-bond acceptors (Lipinski definition) is 3. The van der Waals surface area contributed by atoms with Crippen LogP contribution in [0.15, 0.2) is 0 Å². The molecule has 64 valence electrons. The summed E-state index contributed by atoms with van der Waals surface area (Å²) in [6.07, 6.45) is 3.75. The Morgan fingerprint density at radius 1 is 1.58 bits per heavy atom. The predicted molar refractivity (Wildman–Crippen MR) is 41.2 cm³/mol. The summed E-state index contributed by atoms with van der Waals surface area (Å²) in [7, 11) is 0. The van der Waals surface area contributed by atoms with Gasteiger partial charge in [0.1, 0.15) is 0 Å². The molecule has 0 aromatic carbocycles. The molecule has 4 heteroatoms. The van der Waals surface area contributed by atoms with Crippen LogP contribution in [0.3, 0.4) is 0 Å². The monoisotopic (exact) mass is 167 g/mol. The molecule has 0 saturated carbocycles. The van der Waals surface area contributed by atoms with Gasteiger partial charge in [0.2, 0.25) is 0 Å². The maximum Gasteiger partial charge on any atom is 0.253 e. The van der Waals surface area contributed by atoms with Crippen molar-refractivity contribution in [3.05, 3.63) is 0 Å². The molecule has 0 spiro atoms. The van der Waals surface area contributed by atoms with Crippen molar-refractivity contribution in [2.24, 2.45) is 0 Å². The van der Waals surface area contributed by atoms with Crippen LogP contribution < -0.4 is 5.32 Å². The molecule has 0 radical (unpaired) electrons. The van der Waals surface area contributed by atoms with Crippen molar-refractivity contribution >= 4 is 11.7 Å². The largest absolute Gasteiger partial charge is 0.351 e. The molecule has 1 aliphatic heterocycles. The fraction of sp³-hybridized carbons (Fsp3) is 0.500. The van der Waals surface area contributed by atoms with Crippen LogP contribution in [0.2, 0.25) is 0 Å². The molecule has 1 fully saturated rings. The van der Waals surface area contributed by atoms with Crippen molar-refractivity contribution in [2.45, 2.75) is 19.1 Å². The molecule has 4 nitrogen and oxygen atoms in total. The Morgan fingerprint density at radius 3 is 2.67 bits per heavy atom. The molecular weight excluding hydrogens is 158 g/mol. The second-order valence-electron chi connectivity index (χ2n) is 2.51. The van der Waals surface area contributed by atoms with Gasteiger partial charge in [0.15, 0.2) is 18.0 Å². The van der Waals surface area contributed by atoms with Crippen molar-refractivity contribution < 1.29 is 14.3 Å². The molecule has 1 aliphatic rings. The topological polar surface area (TPSA) is 58.7 Å². The Morgan fingerprint density at radius 2 is 2.25 bits per heavy atom. The highest BCUT2D eigenvalue weighted by atomic mass is 16.6. The zero-order chi connectivity index (χ0) is 9.14. The first-order valence-electron chi connectivity index (χ1n) is 3.54. The van der Waals surface area contributed by atoms with E-state index in [1.165, 1.54) is 6.92 Å². The number of amides is 1. The van der Waals surface area contributed by atoms with E-state index in [0.29, 0.717) is 0 Å². The van der Waals surface area contributed by atoms with Gasteiger partial charge in [-0.3, -0.25) is 9.59 Å². The van der Waals surface area contributed by atoms with Crippen molar-refractivity contribution in [3.8, 4) is 12.3 Å². The Labute approximate surface area is 70.3 Å². The number of carbonyl (C=O) groups excluding carboxylic acids is 2. The Bertz CT molecular complexity index is 254. The summed E-state index contributed by atoms with van der Waals surface area (Å²) in [6, 6.07) is 0. The van der Waals surface area contributed by atoms with Crippen LogP contribution >= 0.6 is 0 Å². The lowest BCUT2D eigenvalue weighted by molar-refractivity contribution is -0.122. The van der Waals surface area contributed by atoms with Gasteiger partial charge >= 0.3 is 0 Å². The van der Waals surface area contributed by atoms with Gasteiger partial charge in [0.05, 0.1) is 6.54 Å². The van der Waals surface area contributed by atoms with Crippen molar-refractivity contribution in [3.63, 3.8) is 0 Å². The average molecular weight is 167 g/mol. The number of terminal acetylenes is 1. The van der Waals surface area contributed by atoms with Crippen LogP contribution in [0.1, 0.15) is 6.92 Å². The minimum atomic E-state index is -0.615. The van der Waals surface area contributed by atoms with Crippen LogP contribution in [-0.2, 0) is 14.3 Å². The first kappa shape index (κ1) is 8.75. The molecule has 1 heterocycles. The number of ketones is 1. The molecule has 0 aromatic rings. The quantitative estimate of drug-likeness (QED) is 0.437. The van der Waals surface area contributed by atoms with Crippen molar-refractivity contribution in [2.75, 3.05) is 6.54 Å². The van der Waals surface area contributed by atoms with Gasteiger partial charge in [-0.25, -0.2) is 0 Å². The van der Waals surface area contributed by atoms with E-state index in [-0.39, 0.29) is 18.2 Å². The van der Waals surface area contributed by atoms with E-state index in [1.54, 1.807) is 0 Å². The number of nitrogens with one attached hydrogen (secondary N) is 1. The smallest absolute Gasteiger partial charge is 0.253 e. The van der Waals surface area contributed by atoms with Crippen LogP contribution in [0.5, 0.6) is 0 Å². The second kappa shape index (κ2) is 3.37. The van der Waals surface area contributed by atoms with E-state index in [2.05, 4.69) is 11.2 Å². The van der Waals surface area contributed by atoms with Gasteiger partial charge < -0.3 is 10.1 Å². The van der Waals surface area contributed by atoms with E-state index >= 15 is 0 Å². The van der Waals surface area contributed by atoms with Gasteiger partial charge in [-0.05, 0) is 6.92 Å². The van der Waals surface area contributed by atoms with Crippen LogP contribution in [0.25, 0.3) is 0 Å². The molecular formula is C8H9NO3. The summed E-state index contributed by atoms with van der Waals surface area (Å²) in [5.74, 6) is 1.81. The van der Waals surface area contributed by atoms with E-state index in [4.69, 9.17) is 11.2 Å². The lowest BCUT2D eigenvalue weighted by Gasteiger charge is -1.94. The van der Waals surface area contributed by atoms with E-state index < -0.39 is 12.2 Å². The van der Waals surface area contributed by atoms with E-state index in [9.17, 15) is 9.59 Å². The third-order valence-electron chi connectivity index (χ3n) is 1.52. The predicted octanol–water partition coefficient (Wildman–Crippen LogP) is -0.908. The van der Waals surface area contributed by atoms with Gasteiger partial charge in [-0.15, -0.1) is 6.42 Å². The van der Waals surface area contributed by atoms with Gasteiger partial charge in [0.25, 0.3) is 5.91 Å². The lowest BCUT2D eigenvalue weighted by atomic mass is 10.2. The third kappa shape index (κ3) is 1.83.